The topological polar surface area (TPSA) is 49.0 Å². The normalized spacial score (nSPS) is 21.2. The van der Waals surface area contributed by atoms with Crippen LogP contribution in [0.4, 0.5) is 0 Å². The molecule has 0 radical (unpaired) electrons. The average molecular weight is 275 g/mol. The zero-order valence-electron chi connectivity index (χ0n) is 12.6. The van der Waals surface area contributed by atoms with Crippen molar-refractivity contribution in [3.05, 3.63) is 17.7 Å². The lowest BCUT2D eigenvalue weighted by molar-refractivity contribution is -0.141. The Hall–Kier alpha value is -1.32. The molecule has 0 saturated heterocycles. The van der Waals surface area contributed by atoms with E-state index in [9.17, 15) is 4.79 Å². The maximum atomic E-state index is 12.7. The number of imidazole rings is 1. The molecular weight excluding hydrogens is 250 g/mol. The van der Waals surface area contributed by atoms with Gasteiger partial charge in [0.05, 0.1) is 17.6 Å². The van der Waals surface area contributed by atoms with Crippen LogP contribution >= 0.6 is 0 Å². The summed E-state index contributed by atoms with van der Waals surface area (Å²) >= 11 is 0. The molecule has 1 spiro atoms. The van der Waals surface area contributed by atoms with Gasteiger partial charge in [-0.1, -0.05) is 33.1 Å². The van der Waals surface area contributed by atoms with Gasteiger partial charge >= 0.3 is 0 Å². The van der Waals surface area contributed by atoms with E-state index in [0.29, 0.717) is 18.2 Å². The van der Waals surface area contributed by atoms with Crippen molar-refractivity contribution >= 4 is 5.91 Å². The molecular formula is C16H25N3O. The number of hydrogen-bond donors (Lipinski definition) is 1. The Kier molecular flexibility index (Phi) is 3.57. The molecule has 2 heterocycles. The van der Waals surface area contributed by atoms with Crippen LogP contribution < -0.4 is 0 Å². The predicted octanol–water partition coefficient (Wildman–Crippen LogP) is 3.00. The van der Waals surface area contributed by atoms with E-state index in [1.54, 1.807) is 6.33 Å². The van der Waals surface area contributed by atoms with Crippen LogP contribution in [0.5, 0.6) is 0 Å². The minimum Gasteiger partial charge on any atom is -0.348 e. The van der Waals surface area contributed by atoms with E-state index in [1.807, 2.05) is 0 Å². The van der Waals surface area contributed by atoms with Gasteiger partial charge < -0.3 is 9.88 Å². The second-order valence-electron chi connectivity index (χ2n) is 6.72. The van der Waals surface area contributed by atoms with Gasteiger partial charge in [-0.05, 0) is 18.8 Å². The number of carbonyl (C=O) groups excluding carboxylic acids is 1. The molecule has 1 amide bonds. The highest BCUT2D eigenvalue weighted by molar-refractivity contribution is 5.78. The first kappa shape index (κ1) is 13.7. The van der Waals surface area contributed by atoms with Crippen LogP contribution in [0.25, 0.3) is 0 Å². The summed E-state index contributed by atoms with van der Waals surface area (Å²) in [5.41, 5.74) is 2.29. The summed E-state index contributed by atoms with van der Waals surface area (Å²) in [5.74, 6) is 0.735. The minimum absolute atomic E-state index is 0.113. The molecule has 0 aromatic carbocycles. The molecule has 20 heavy (non-hydrogen) atoms. The van der Waals surface area contributed by atoms with Crippen LogP contribution in [0.2, 0.25) is 0 Å². The van der Waals surface area contributed by atoms with Gasteiger partial charge in [-0.15, -0.1) is 0 Å². The summed E-state index contributed by atoms with van der Waals surface area (Å²) in [6.45, 7) is 5.09. The first-order chi connectivity index (χ1) is 9.63. The number of rotatable bonds is 2. The number of amides is 1. The third-order valence-electron chi connectivity index (χ3n) is 4.83. The molecule has 1 aliphatic heterocycles. The number of hydrogen-bond acceptors (Lipinski definition) is 2. The quantitative estimate of drug-likeness (QED) is 0.902. The van der Waals surface area contributed by atoms with Gasteiger partial charge in [0, 0.05) is 25.1 Å². The van der Waals surface area contributed by atoms with Crippen molar-refractivity contribution in [1.82, 2.24) is 14.9 Å². The number of nitrogens with one attached hydrogen (secondary N) is 1. The lowest BCUT2D eigenvalue weighted by Crippen LogP contribution is -2.54. The number of nitrogens with zero attached hydrogens (tertiary/aromatic N) is 2. The number of aromatic amines is 1. The summed E-state index contributed by atoms with van der Waals surface area (Å²) in [7, 11) is 0. The second-order valence-corrected chi connectivity index (χ2v) is 6.72. The molecule has 1 aromatic rings. The largest absolute Gasteiger partial charge is 0.348 e. The Labute approximate surface area is 121 Å². The minimum atomic E-state index is -0.113. The molecule has 0 atom stereocenters. The van der Waals surface area contributed by atoms with Crippen molar-refractivity contribution < 1.29 is 4.79 Å². The van der Waals surface area contributed by atoms with Crippen LogP contribution in [-0.4, -0.2) is 27.3 Å². The average Bonchev–Trinajstić information content (AvgIpc) is 2.89. The van der Waals surface area contributed by atoms with Gasteiger partial charge in [0.25, 0.3) is 0 Å². The molecule has 3 rings (SSSR count). The smallest absolute Gasteiger partial charge is 0.223 e. The number of fused-ring (bicyclic) bond motifs is 2. The molecule has 1 aromatic heterocycles. The highest BCUT2D eigenvalue weighted by Crippen LogP contribution is 2.45. The molecule has 1 N–H and O–H groups in total. The number of H-pyrrole nitrogens is 1. The van der Waals surface area contributed by atoms with E-state index in [2.05, 4.69) is 28.7 Å². The zero-order valence-corrected chi connectivity index (χ0v) is 12.6. The van der Waals surface area contributed by atoms with Crippen LogP contribution in [0.15, 0.2) is 6.33 Å². The maximum absolute atomic E-state index is 12.7. The Balaban J connectivity index is 1.95. The molecule has 1 fully saturated rings. The lowest BCUT2D eigenvalue weighted by atomic mass is 9.74. The standard InChI is InChI=1S/C16H25N3O/c1-12(2)10-14(20)19-9-6-13-15(18-11-17-13)16(19)7-4-3-5-8-16/h11-12H,3-10H2,1-2H3,(H,17,18). The number of aromatic nitrogens is 2. The van der Waals surface area contributed by atoms with Gasteiger partial charge in [-0.25, -0.2) is 4.98 Å². The Morgan fingerprint density at radius 2 is 2.15 bits per heavy atom. The zero-order chi connectivity index (χ0) is 14.2. The van der Waals surface area contributed by atoms with E-state index < -0.39 is 0 Å². The molecule has 110 valence electrons. The molecule has 2 aliphatic rings. The Morgan fingerprint density at radius 1 is 1.40 bits per heavy atom. The first-order valence-corrected chi connectivity index (χ1v) is 7.97. The number of carbonyl (C=O) groups is 1. The molecule has 0 bridgehead atoms. The van der Waals surface area contributed by atoms with Crippen molar-refractivity contribution in [2.75, 3.05) is 6.54 Å². The molecule has 4 nitrogen and oxygen atoms in total. The monoisotopic (exact) mass is 275 g/mol. The van der Waals surface area contributed by atoms with Crippen molar-refractivity contribution in [3.8, 4) is 0 Å². The Bertz CT molecular complexity index is 486. The third-order valence-corrected chi connectivity index (χ3v) is 4.83. The fraction of sp³-hybridized carbons (Fsp3) is 0.750. The van der Waals surface area contributed by atoms with Gasteiger partial charge in [-0.3, -0.25) is 4.79 Å². The van der Waals surface area contributed by atoms with E-state index in [-0.39, 0.29) is 5.54 Å². The molecule has 1 aliphatic carbocycles. The van der Waals surface area contributed by atoms with Crippen molar-refractivity contribution in [1.29, 1.82) is 0 Å². The van der Waals surface area contributed by atoms with Crippen LogP contribution in [0.3, 0.4) is 0 Å². The summed E-state index contributed by atoms with van der Waals surface area (Å²) in [4.78, 5) is 22.7. The second kappa shape index (κ2) is 5.23. The third kappa shape index (κ3) is 2.15. The summed E-state index contributed by atoms with van der Waals surface area (Å²) in [5, 5.41) is 0. The molecule has 4 heteroatoms. The van der Waals surface area contributed by atoms with Crippen LogP contribution in [0.1, 0.15) is 63.8 Å². The fourth-order valence-corrected chi connectivity index (χ4v) is 3.94. The summed E-state index contributed by atoms with van der Waals surface area (Å²) in [6.07, 6.45) is 9.23. The van der Waals surface area contributed by atoms with Gasteiger partial charge in [0.2, 0.25) is 5.91 Å². The van der Waals surface area contributed by atoms with Gasteiger partial charge in [-0.2, -0.15) is 0 Å². The van der Waals surface area contributed by atoms with Crippen LogP contribution in [0, 0.1) is 5.92 Å². The SMILES string of the molecule is CC(C)CC(=O)N1CCc2[nH]cnc2C12CCCCC2. The van der Waals surface area contributed by atoms with Gasteiger partial charge in [0.1, 0.15) is 0 Å². The van der Waals surface area contributed by atoms with E-state index >= 15 is 0 Å². The van der Waals surface area contributed by atoms with E-state index in [1.165, 1.54) is 25.0 Å². The Morgan fingerprint density at radius 3 is 2.85 bits per heavy atom. The van der Waals surface area contributed by atoms with Gasteiger partial charge in [0.15, 0.2) is 0 Å². The maximum Gasteiger partial charge on any atom is 0.223 e. The van der Waals surface area contributed by atoms with Crippen LogP contribution in [-0.2, 0) is 16.8 Å². The lowest BCUT2D eigenvalue weighted by Gasteiger charge is -2.48. The molecule has 0 unspecified atom stereocenters. The summed E-state index contributed by atoms with van der Waals surface area (Å²) < 4.78 is 0. The predicted molar refractivity (Wildman–Crippen MR) is 78.2 cm³/mol. The highest BCUT2D eigenvalue weighted by Gasteiger charge is 2.47. The highest BCUT2D eigenvalue weighted by atomic mass is 16.2. The van der Waals surface area contributed by atoms with Crippen molar-refractivity contribution in [2.24, 2.45) is 5.92 Å². The molecule has 1 saturated carbocycles. The van der Waals surface area contributed by atoms with E-state index in [0.717, 1.165) is 31.5 Å². The van der Waals surface area contributed by atoms with Crippen molar-refractivity contribution in [3.63, 3.8) is 0 Å². The van der Waals surface area contributed by atoms with Crippen molar-refractivity contribution in [2.45, 2.75) is 64.3 Å². The fourth-order valence-electron chi connectivity index (χ4n) is 3.94. The summed E-state index contributed by atoms with van der Waals surface area (Å²) in [6, 6.07) is 0. The first-order valence-electron chi connectivity index (χ1n) is 7.97. The van der Waals surface area contributed by atoms with E-state index in [4.69, 9.17) is 0 Å².